The Morgan fingerprint density at radius 1 is 1.22 bits per heavy atom. The second kappa shape index (κ2) is 3.58. The molecule has 0 radical (unpaired) electrons. The van der Waals surface area contributed by atoms with Gasteiger partial charge in [-0.3, -0.25) is 0 Å². The first-order valence-corrected chi connectivity index (χ1v) is 2.58. The number of nitrogens with two attached hydrogens (primary N) is 1. The molecular weight excluding hydrogens is 122 g/mol. The molecule has 9 heavy (non-hydrogen) atoms. The van der Waals surface area contributed by atoms with E-state index in [-0.39, 0.29) is 6.42 Å². The molecule has 0 amide bonds. The molecule has 0 bridgehead atoms. The van der Waals surface area contributed by atoms with E-state index in [0.717, 1.165) is 0 Å². The normalized spacial score (nSPS) is 12.9. The molecule has 0 aromatic heterocycles. The fourth-order valence-corrected chi connectivity index (χ4v) is 0.338. The van der Waals surface area contributed by atoms with E-state index in [2.05, 4.69) is 0 Å². The van der Waals surface area contributed by atoms with Crippen molar-refractivity contribution in [2.75, 3.05) is 6.54 Å². The minimum absolute atomic E-state index is 0.218. The van der Waals surface area contributed by atoms with Crippen LogP contribution in [-0.2, 0) is 0 Å². The van der Waals surface area contributed by atoms with E-state index < -0.39 is 5.97 Å². The van der Waals surface area contributed by atoms with E-state index in [1.54, 1.807) is 0 Å². The zero-order valence-corrected chi connectivity index (χ0v) is 4.99. The number of rotatable bonds is 3. The molecule has 0 saturated carbocycles. The maximum absolute atomic E-state index is 8.26. The highest BCUT2D eigenvalue weighted by atomic mass is 16.7. The lowest BCUT2D eigenvalue weighted by Gasteiger charge is -2.09. The van der Waals surface area contributed by atoms with Crippen LogP contribution in [-0.4, -0.2) is 27.8 Å². The zero-order valence-electron chi connectivity index (χ0n) is 4.99. The van der Waals surface area contributed by atoms with Crippen LogP contribution in [0, 0.1) is 0 Å². The van der Waals surface area contributed by atoms with Crippen molar-refractivity contribution in [1.82, 2.24) is 0 Å². The van der Waals surface area contributed by atoms with Crippen molar-refractivity contribution in [3.63, 3.8) is 0 Å². The van der Waals surface area contributed by atoms with Crippen LogP contribution >= 0.6 is 0 Å². The van der Waals surface area contributed by atoms with Gasteiger partial charge in [0.15, 0.2) is 0 Å². The SMILES string of the molecule is NCC=CCC(O)(O)O. The minimum Gasteiger partial charge on any atom is -0.343 e. The first-order chi connectivity index (χ1) is 4.06. The quantitative estimate of drug-likeness (QED) is 0.279. The lowest BCUT2D eigenvalue weighted by molar-refractivity contribution is -0.308. The summed E-state index contributed by atoms with van der Waals surface area (Å²) < 4.78 is 0. The molecule has 0 rings (SSSR count). The molecule has 0 heterocycles. The van der Waals surface area contributed by atoms with Crippen LogP contribution in [0.3, 0.4) is 0 Å². The van der Waals surface area contributed by atoms with Gasteiger partial charge in [0.05, 0.1) is 0 Å². The Morgan fingerprint density at radius 3 is 2.11 bits per heavy atom. The number of hydrogen-bond acceptors (Lipinski definition) is 4. The molecular formula is C5H11NO3. The molecule has 0 aliphatic rings. The second-order valence-corrected chi connectivity index (χ2v) is 1.69. The monoisotopic (exact) mass is 133 g/mol. The van der Waals surface area contributed by atoms with Gasteiger partial charge in [0, 0.05) is 13.0 Å². The summed E-state index contributed by atoms with van der Waals surface area (Å²) in [6.45, 7) is 0.329. The van der Waals surface area contributed by atoms with Crippen molar-refractivity contribution in [2.24, 2.45) is 5.73 Å². The van der Waals surface area contributed by atoms with Gasteiger partial charge in [-0.2, -0.15) is 0 Å². The van der Waals surface area contributed by atoms with Gasteiger partial charge in [-0.25, -0.2) is 0 Å². The topological polar surface area (TPSA) is 86.7 Å². The summed E-state index contributed by atoms with van der Waals surface area (Å²) in [4.78, 5) is 0. The van der Waals surface area contributed by atoms with E-state index in [1.165, 1.54) is 12.2 Å². The van der Waals surface area contributed by atoms with Crippen LogP contribution in [0.2, 0.25) is 0 Å². The lowest BCUT2D eigenvalue weighted by atomic mass is 10.3. The van der Waals surface area contributed by atoms with Gasteiger partial charge in [0.25, 0.3) is 5.97 Å². The molecule has 0 aromatic rings. The summed E-state index contributed by atoms with van der Waals surface area (Å²) in [6, 6.07) is 0. The Morgan fingerprint density at radius 2 is 1.78 bits per heavy atom. The van der Waals surface area contributed by atoms with Crippen molar-refractivity contribution in [3.05, 3.63) is 12.2 Å². The molecule has 0 unspecified atom stereocenters. The minimum atomic E-state index is -2.59. The Balaban J connectivity index is 3.38. The molecule has 0 aliphatic carbocycles. The zero-order chi connectivity index (χ0) is 7.33. The molecule has 0 fully saturated rings. The highest BCUT2D eigenvalue weighted by molar-refractivity contribution is 4.83. The van der Waals surface area contributed by atoms with E-state index in [0.29, 0.717) is 6.54 Å². The maximum Gasteiger partial charge on any atom is 0.278 e. The molecule has 54 valence electrons. The summed E-state index contributed by atoms with van der Waals surface area (Å²) in [5.74, 6) is -2.59. The summed E-state index contributed by atoms with van der Waals surface area (Å²) in [6.07, 6.45) is 2.70. The van der Waals surface area contributed by atoms with Crippen LogP contribution in [0.5, 0.6) is 0 Å². The Kier molecular flexibility index (Phi) is 3.41. The molecule has 4 nitrogen and oxygen atoms in total. The van der Waals surface area contributed by atoms with Crippen LogP contribution in [0.25, 0.3) is 0 Å². The van der Waals surface area contributed by atoms with Gasteiger partial charge in [0.1, 0.15) is 0 Å². The van der Waals surface area contributed by atoms with Gasteiger partial charge in [0.2, 0.25) is 0 Å². The van der Waals surface area contributed by atoms with Crippen LogP contribution in [0.4, 0.5) is 0 Å². The number of hydrogen-bond donors (Lipinski definition) is 4. The van der Waals surface area contributed by atoms with E-state index in [1.807, 2.05) is 0 Å². The van der Waals surface area contributed by atoms with Crippen LogP contribution in [0.15, 0.2) is 12.2 Å². The Bertz CT molecular complexity index is 94.9. The summed E-state index contributed by atoms with van der Waals surface area (Å²) in [7, 11) is 0. The van der Waals surface area contributed by atoms with Gasteiger partial charge < -0.3 is 21.1 Å². The van der Waals surface area contributed by atoms with Gasteiger partial charge in [-0.1, -0.05) is 12.2 Å². The van der Waals surface area contributed by atoms with E-state index in [9.17, 15) is 0 Å². The Labute approximate surface area is 53.2 Å². The first-order valence-electron chi connectivity index (χ1n) is 2.58. The molecule has 5 N–H and O–H groups in total. The average molecular weight is 133 g/mol. The molecule has 0 aliphatic heterocycles. The van der Waals surface area contributed by atoms with Crippen LogP contribution in [0.1, 0.15) is 6.42 Å². The molecule has 4 heteroatoms. The summed E-state index contributed by atoms with van der Waals surface area (Å²) in [5, 5.41) is 24.8. The standard InChI is InChI=1S/C5H11NO3/c6-4-2-1-3-5(7,8)9/h1-2,7-9H,3-4,6H2. The highest BCUT2D eigenvalue weighted by Gasteiger charge is 2.13. The summed E-state index contributed by atoms with van der Waals surface area (Å²) >= 11 is 0. The smallest absolute Gasteiger partial charge is 0.278 e. The predicted octanol–water partition coefficient (Wildman–Crippen LogP) is -1.48. The number of aliphatic hydroxyl groups is 3. The molecule has 0 spiro atoms. The van der Waals surface area contributed by atoms with Crippen molar-refractivity contribution in [2.45, 2.75) is 12.4 Å². The van der Waals surface area contributed by atoms with Gasteiger partial charge in [-0.15, -0.1) is 0 Å². The molecule has 0 aromatic carbocycles. The van der Waals surface area contributed by atoms with Gasteiger partial charge in [-0.05, 0) is 0 Å². The van der Waals surface area contributed by atoms with Gasteiger partial charge >= 0.3 is 0 Å². The highest BCUT2D eigenvalue weighted by Crippen LogP contribution is 1.99. The third-order valence-electron chi connectivity index (χ3n) is 0.694. The van der Waals surface area contributed by atoms with Crippen LogP contribution < -0.4 is 5.73 Å². The predicted molar refractivity (Wildman–Crippen MR) is 32.2 cm³/mol. The summed E-state index contributed by atoms with van der Waals surface area (Å²) in [5.41, 5.74) is 5.03. The van der Waals surface area contributed by atoms with Crippen molar-refractivity contribution in [1.29, 1.82) is 0 Å². The second-order valence-electron chi connectivity index (χ2n) is 1.69. The lowest BCUT2D eigenvalue weighted by Crippen LogP contribution is -2.25. The van der Waals surface area contributed by atoms with E-state index >= 15 is 0 Å². The van der Waals surface area contributed by atoms with E-state index in [4.69, 9.17) is 21.1 Å². The third-order valence-corrected chi connectivity index (χ3v) is 0.694. The van der Waals surface area contributed by atoms with Crippen molar-refractivity contribution in [3.8, 4) is 0 Å². The fourth-order valence-electron chi connectivity index (χ4n) is 0.338. The van der Waals surface area contributed by atoms with Crippen molar-refractivity contribution >= 4 is 0 Å². The maximum atomic E-state index is 8.26. The first kappa shape index (κ1) is 8.58. The third kappa shape index (κ3) is 7.58. The molecule has 0 saturated heterocycles. The van der Waals surface area contributed by atoms with Crippen molar-refractivity contribution < 1.29 is 15.3 Å². The average Bonchev–Trinajstić information content (AvgIpc) is 1.63. The molecule has 0 atom stereocenters. The fraction of sp³-hybridized carbons (Fsp3) is 0.600. The Hall–Kier alpha value is -0.420. The largest absolute Gasteiger partial charge is 0.343 e.